The molecule has 11 rings (SSSR count). The number of para-hydroxylation sites is 1. The average Bonchev–Trinajstić information content (AvgIpc) is 3.81. The van der Waals surface area contributed by atoms with Crippen LogP contribution in [0.15, 0.2) is 109 Å². The summed E-state index contributed by atoms with van der Waals surface area (Å²) in [5.74, 6) is 1.51. The van der Waals surface area contributed by atoms with Crippen LogP contribution in [-0.4, -0.2) is 4.57 Å². The maximum atomic E-state index is 2.69. The van der Waals surface area contributed by atoms with E-state index in [0.29, 0.717) is 23.7 Å². The van der Waals surface area contributed by atoms with Gasteiger partial charge in [0.2, 0.25) is 0 Å². The van der Waals surface area contributed by atoms with Crippen LogP contribution in [-0.2, 0) is 6.42 Å². The molecule has 4 atom stereocenters. The number of hydrogen-bond acceptors (Lipinski definition) is 2. The topological polar surface area (TPSA) is 4.93 Å². The summed E-state index contributed by atoms with van der Waals surface area (Å²) in [5, 5.41) is 4.09. The molecule has 0 radical (unpaired) electrons. The molecule has 0 aliphatic heterocycles. The Kier molecular flexibility index (Phi) is 5.89. The van der Waals surface area contributed by atoms with Gasteiger partial charge in [0.1, 0.15) is 0 Å². The molecule has 6 aromatic rings. The predicted octanol–water partition coefficient (Wildman–Crippen LogP) is 12.9. The summed E-state index contributed by atoms with van der Waals surface area (Å²) in [5.41, 5.74) is 13.0. The van der Waals surface area contributed by atoms with Crippen LogP contribution in [0.1, 0.15) is 74.9 Å². The Morgan fingerprint density at radius 1 is 0.729 bits per heavy atom. The first-order chi connectivity index (χ1) is 23.7. The summed E-state index contributed by atoms with van der Waals surface area (Å²) in [6, 6.07) is 25.3. The number of nitrogens with zero attached hydrogens (tertiary/aromatic N) is 1. The van der Waals surface area contributed by atoms with Gasteiger partial charge in [-0.2, -0.15) is 0 Å². The lowest BCUT2D eigenvalue weighted by Crippen LogP contribution is -2.30. The van der Waals surface area contributed by atoms with Crippen molar-refractivity contribution in [1.82, 2.24) is 4.57 Å². The van der Waals surface area contributed by atoms with Gasteiger partial charge < -0.3 is 4.57 Å². The molecular formula is C45H35NS2. The maximum Gasteiger partial charge on any atom is 0.0541 e. The second kappa shape index (κ2) is 10.3. The van der Waals surface area contributed by atoms with Crippen LogP contribution in [0, 0.1) is 11.8 Å². The van der Waals surface area contributed by atoms with Gasteiger partial charge in [-0.05, 0) is 95.3 Å². The fourth-order valence-electron chi connectivity index (χ4n) is 9.47. The highest BCUT2D eigenvalue weighted by Crippen LogP contribution is 2.60. The molecule has 0 fully saturated rings. The van der Waals surface area contributed by atoms with Crippen molar-refractivity contribution in [3.63, 3.8) is 0 Å². The minimum atomic E-state index is 0.311. The molecule has 3 heterocycles. The molecule has 3 heteroatoms. The molecule has 3 aromatic carbocycles. The molecule has 4 unspecified atom stereocenters. The van der Waals surface area contributed by atoms with Crippen LogP contribution in [0.3, 0.4) is 0 Å². The molecule has 0 N–H and O–H groups in total. The van der Waals surface area contributed by atoms with Crippen molar-refractivity contribution in [2.75, 3.05) is 0 Å². The molecule has 0 saturated heterocycles. The van der Waals surface area contributed by atoms with Gasteiger partial charge in [0.25, 0.3) is 0 Å². The quantitative estimate of drug-likeness (QED) is 0.175. The monoisotopic (exact) mass is 653 g/mol. The second-order valence-corrected chi connectivity index (χ2v) is 16.3. The van der Waals surface area contributed by atoms with Crippen molar-refractivity contribution in [3.8, 4) is 0 Å². The molecule has 3 aromatic heterocycles. The zero-order valence-electron chi connectivity index (χ0n) is 26.9. The highest BCUT2D eigenvalue weighted by atomic mass is 32.1. The zero-order chi connectivity index (χ0) is 31.5. The first kappa shape index (κ1) is 27.5. The molecule has 232 valence electrons. The highest BCUT2D eigenvalue weighted by Gasteiger charge is 2.44. The molecule has 0 spiro atoms. The minimum Gasteiger partial charge on any atom is -0.310 e. The van der Waals surface area contributed by atoms with E-state index >= 15 is 0 Å². The minimum absolute atomic E-state index is 0.311. The highest BCUT2D eigenvalue weighted by molar-refractivity contribution is 7.19. The number of hydrogen-bond donors (Lipinski definition) is 0. The normalized spacial score (nSPS) is 23.7. The van der Waals surface area contributed by atoms with E-state index < -0.39 is 0 Å². The molecule has 0 amide bonds. The predicted molar refractivity (Wildman–Crippen MR) is 209 cm³/mol. The van der Waals surface area contributed by atoms with E-state index in [-0.39, 0.29) is 0 Å². The second-order valence-electron chi connectivity index (χ2n) is 14.2. The largest absolute Gasteiger partial charge is 0.310 e. The first-order valence-electron chi connectivity index (χ1n) is 17.6. The smallest absolute Gasteiger partial charge is 0.0541 e. The SMILES string of the molecule is CC1c2sc3c(c2C=C2C1C=C(c1ccc4c(c1)c1ccccc1n4C1=CCCC=C1)C1C=Cc4c(sc5ccccc45)C21)CCC=C3. The summed E-state index contributed by atoms with van der Waals surface area (Å²) in [6.45, 7) is 2.50. The third-order valence-electron chi connectivity index (χ3n) is 11.7. The number of rotatable bonds is 2. The lowest BCUT2D eigenvalue weighted by molar-refractivity contribution is 0.521. The van der Waals surface area contributed by atoms with Gasteiger partial charge in [-0.15, -0.1) is 22.7 Å². The van der Waals surface area contributed by atoms with Gasteiger partial charge in [0.05, 0.1) is 11.0 Å². The average molecular weight is 654 g/mol. The van der Waals surface area contributed by atoms with Gasteiger partial charge in [-0.1, -0.05) is 97.5 Å². The fourth-order valence-corrected chi connectivity index (χ4v) is 12.2. The summed E-state index contributed by atoms with van der Waals surface area (Å²) < 4.78 is 3.88. The van der Waals surface area contributed by atoms with Crippen molar-refractivity contribution < 1.29 is 0 Å². The number of fused-ring (bicyclic) bond motifs is 13. The van der Waals surface area contributed by atoms with Crippen LogP contribution < -0.4 is 0 Å². The summed E-state index contributed by atoms with van der Waals surface area (Å²) in [7, 11) is 0. The number of allylic oxidation sites excluding steroid dienone is 9. The summed E-state index contributed by atoms with van der Waals surface area (Å²) >= 11 is 4.08. The van der Waals surface area contributed by atoms with Crippen LogP contribution in [0.2, 0.25) is 0 Å². The molecule has 0 bridgehead atoms. The number of thiophene rings is 2. The van der Waals surface area contributed by atoms with Crippen molar-refractivity contribution in [2.45, 2.75) is 44.4 Å². The van der Waals surface area contributed by atoms with Gasteiger partial charge in [-0.3, -0.25) is 0 Å². The Bertz CT molecular complexity index is 2550. The van der Waals surface area contributed by atoms with E-state index in [1.165, 1.54) is 65.6 Å². The lowest BCUT2D eigenvalue weighted by Gasteiger charge is -2.43. The third kappa shape index (κ3) is 3.78. The Hall–Kier alpha value is -4.44. The first-order valence-corrected chi connectivity index (χ1v) is 19.2. The van der Waals surface area contributed by atoms with Crippen LogP contribution in [0.5, 0.6) is 0 Å². The lowest BCUT2D eigenvalue weighted by atomic mass is 9.61. The Morgan fingerprint density at radius 2 is 1.58 bits per heavy atom. The molecule has 5 aliphatic carbocycles. The van der Waals surface area contributed by atoms with Gasteiger partial charge in [0.15, 0.2) is 0 Å². The third-order valence-corrected chi connectivity index (χ3v) is 14.4. The van der Waals surface area contributed by atoms with E-state index in [4.69, 9.17) is 0 Å². The van der Waals surface area contributed by atoms with E-state index in [9.17, 15) is 0 Å². The summed E-state index contributed by atoms with van der Waals surface area (Å²) in [6.07, 6.45) is 26.7. The zero-order valence-corrected chi connectivity index (χ0v) is 28.6. The van der Waals surface area contributed by atoms with Crippen molar-refractivity contribution >= 4 is 84.1 Å². The van der Waals surface area contributed by atoms with Crippen molar-refractivity contribution in [1.29, 1.82) is 0 Å². The van der Waals surface area contributed by atoms with Crippen molar-refractivity contribution in [2.24, 2.45) is 11.8 Å². The van der Waals surface area contributed by atoms with E-state index in [0.717, 1.165) is 19.3 Å². The molecule has 5 aliphatic rings. The van der Waals surface area contributed by atoms with Gasteiger partial charge in [-0.25, -0.2) is 0 Å². The Morgan fingerprint density at radius 3 is 2.50 bits per heavy atom. The maximum absolute atomic E-state index is 2.69. The van der Waals surface area contributed by atoms with Crippen LogP contribution >= 0.6 is 22.7 Å². The van der Waals surface area contributed by atoms with Crippen LogP contribution in [0.25, 0.3) is 61.4 Å². The van der Waals surface area contributed by atoms with E-state index in [1.807, 2.05) is 11.3 Å². The molecular weight excluding hydrogens is 619 g/mol. The summed E-state index contributed by atoms with van der Waals surface area (Å²) in [4.78, 5) is 4.63. The molecule has 1 nitrogen and oxygen atoms in total. The molecule has 48 heavy (non-hydrogen) atoms. The Balaban J connectivity index is 1.14. The van der Waals surface area contributed by atoms with E-state index in [1.54, 1.807) is 26.5 Å². The number of benzene rings is 3. The molecule has 0 saturated carbocycles. The van der Waals surface area contributed by atoms with Crippen LogP contribution in [0.4, 0.5) is 0 Å². The van der Waals surface area contributed by atoms with Gasteiger partial charge in [0, 0.05) is 59.5 Å². The Labute approximate surface area is 289 Å². The standard InChI is InChI=1S/C45H35NS2/c1-26-34-24-35(27-19-22-40-36(23-27)29-13-5-8-16-39(29)46(40)28-11-3-2-4-12-28)32-20-21-33-30-14-6-9-17-41(30)48-45(33)43(32)37(34)25-38-31-15-7-10-18-42(31)47-44(26)38/h3,5-6,8-14,16-26,32,34,43H,2,4,7,15H2,1H3. The van der Waals surface area contributed by atoms with Gasteiger partial charge >= 0.3 is 0 Å². The van der Waals surface area contributed by atoms with E-state index in [2.05, 4.69) is 144 Å². The number of aromatic nitrogens is 1. The van der Waals surface area contributed by atoms with Crippen molar-refractivity contribution in [3.05, 3.63) is 146 Å². The fraction of sp³-hybridized carbons (Fsp3) is 0.200.